The summed E-state index contributed by atoms with van der Waals surface area (Å²) in [7, 11) is 2.02. The Bertz CT molecular complexity index is 1090. The SMILES string of the molecule is CC(C)c1ccccc1-c1cc(C(=O)O)ccc1O[C@@H]1CC[C@@H](NC(=O)[C@@H]2CC(C)(C)CN2C)C1. The Kier molecular flexibility index (Phi) is 7.22. The van der Waals surface area contributed by atoms with E-state index in [4.69, 9.17) is 4.74 Å². The molecule has 2 aliphatic rings. The maximum Gasteiger partial charge on any atom is 0.335 e. The van der Waals surface area contributed by atoms with Crippen LogP contribution in [0.3, 0.4) is 0 Å². The van der Waals surface area contributed by atoms with E-state index in [9.17, 15) is 14.7 Å². The van der Waals surface area contributed by atoms with Crippen LogP contribution < -0.4 is 10.1 Å². The van der Waals surface area contributed by atoms with E-state index < -0.39 is 5.97 Å². The topological polar surface area (TPSA) is 78.9 Å². The Labute approximate surface area is 208 Å². The third-order valence-electron chi connectivity index (χ3n) is 7.38. The summed E-state index contributed by atoms with van der Waals surface area (Å²) in [6, 6.07) is 13.2. The van der Waals surface area contributed by atoms with Crippen molar-refractivity contribution >= 4 is 11.9 Å². The minimum Gasteiger partial charge on any atom is -0.490 e. The highest BCUT2D eigenvalue weighted by molar-refractivity contribution is 5.91. The number of rotatable bonds is 7. The van der Waals surface area contributed by atoms with Crippen molar-refractivity contribution < 1.29 is 19.4 Å². The maximum atomic E-state index is 13.0. The number of carbonyl (C=O) groups excluding carboxylic acids is 1. The van der Waals surface area contributed by atoms with Crippen LogP contribution in [0.15, 0.2) is 42.5 Å². The Morgan fingerprint density at radius 2 is 1.86 bits per heavy atom. The van der Waals surface area contributed by atoms with Gasteiger partial charge < -0.3 is 15.2 Å². The molecule has 1 saturated heterocycles. The first kappa shape index (κ1) is 25.2. The van der Waals surface area contributed by atoms with Crippen LogP contribution in [0.4, 0.5) is 0 Å². The number of nitrogens with one attached hydrogen (secondary N) is 1. The number of carboxylic acids is 1. The molecule has 0 aromatic heterocycles. The largest absolute Gasteiger partial charge is 0.490 e. The number of amides is 1. The smallest absolute Gasteiger partial charge is 0.335 e. The fourth-order valence-corrected chi connectivity index (χ4v) is 5.70. The quantitative estimate of drug-likeness (QED) is 0.563. The highest BCUT2D eigenvalue weighted by Gasteiger charge is 2.40. The number of carboxylic acid groups (broad SMARTS) is 1. The summed E-state index contributed by atoms with van der Waals surface area (Å²) in [5.74, 6) is 0.138. The second kappa shape index (κ2) is 10.0. The van der Waals surface area contributed by atoms with Gasteiger partial charge in [0.1, 0.15) is 11.9 Å². The molecule has 6 nitrogen and oxygen atoms in total. The Morgan fingerprint density at radius 1 is 1.11 bits per heavy atom. The number of likely N-dealkylation sites (tertiary alicyclic amines) is 1. The summed E-state index contributed by atoms with van der Waals surface area (Å²) < 4.78 is 6.47. The van der Waals surface area contributed by atoms with Gasteiger partial charge in [-0.3, -0.25) is 9.69 Å². The molecule has 6 heteroatoms. The van der Waals surface area contributed by atoms with Crippen LogP contribution in [-0.2, 0) is 4.79 Å². The van der Waals surface area contributed by atoms with Gasteiger partial charge >= 0.3 is 5.97 Å². The zero-order valence-electron chi connectivity index (χ0n) is 21.5. The van der Waals surface area contributed by atoms with E-state index in [1.807, 2.05) is 25.2 Å². The lowest BCUT2D eigenvalue weighted by Crippen LogP contribution is -2.45. The lowest BCUT2D eigenvalue weighted by molar-refractivity contribution is -0.125. The summed E-state index contributed by atoms with van der Waals surface area (Å²) >= 11 is 0. The number of aromatic carboxylic acids is 1. The van der Waals surface area contributed by atoms with Crippen molar-refractivity contribution in [1.82, 2.24) is 10.2 Å². The van der Waals surface area contributed by atoms with E-state index in [0.29, 0.717) is 5.75 Å². The van der Waals surface area contributed by atoms with Crippen molar-refractivity contribution in [2.45, 2.75) is 77.5 Å². The number of hydrogen-bond acceptors (Lipinski definition) is 4. The zero-order chi connectivity index (χ0) is 25.3. The first-order valence-corrected chi connectivity index (χ1v) is 12.7. The monoisotopic (exact) mass is 478 g/mol. The minimum absolute atomic E-state index is 0.0290. The summed E-state index contributed by atoms with van der Waals surface area (Å²) in [4.78, 5) is 26.8. The van der Waals surface area contributed by atoms with Crippen molar-refractivity contribution in [3.63, 3.8) is 0 Å². The first-order valence-electron chi connectivity index (χ1n) is 12.7. The third-order valence-corrected chi connectivity index (χ3v) is 7.38. The average Bonchev–Trinajstić information content (AvgIpc) is 3.35. The minimum atomic E-state index is -0.955. The lowest BCUT2D eigenvalue weighted by atomic mass is 9.90. The van der Waals surface area contributed by atoms with Gasteiger partial charge in [-0.1, -0.05) is 52.0 Å². The molecule has 188 valence electrons. The molecule has 4 rings (SSSR count). The van der Waals surface area contributed by atoms with Crippen molar-refractivity contribution in [2.75, 3.05) is 13.6 Å². The number of hydrogen-bond donors (Lipinski definition) is 2. The molecule has 1 amide bonds. The van der Waals surface area contributed by atoms with Gasteiger partial charge in [-0.15, -0.1) is 0 Å². The average molecular weight is 479 g/mol. The van der Waals surface area contributed by atoms with Crippen LogP contribution in [0.5, 0.6) is 5.75 Å². The number of nitrogens with zero attached hydrogens (tertiary/aromatic N) is 1. The lowest BCUT2D eigenvalue weighted by Gasteiger charge is -2.22. The van der Waals surface area contributed by atoms with Gasteiger partial charge in [-0.25, -0.2) is 4.79 Å². The van der Waals surface area contributed by atoms with Crippen molar-refractivity contribution in [1.29, 1.82) is 0 Å². The highest BCUT2D eigenvalue weighted by atomic mass is 16.5. The van der Waals surface area contributed by atoms with Gasteiger partial charge in [0.05, 0.1) is 11.6 Å². The molecule has 0 radical (unpaired) electrons. The third kappa shape index (κ3) is 5.69. The number of ether oxygens (including phenoxy) is 1. The molecule has 35 heavy (non-hydrogen) atoms. The molecule has 0 bridgehead atoms. The van der Waals surface area contributed by atoms with Gasteiger partial charge in [0.2, 0.25) is 5.91 Å². The second-order valence-corrected chi connectivity index (χ2v) is 11.3. The van der Waals surface area contributed by atoms with Crippen LogP contribution in [0.1, 0.15) is 75.2 Å². The maximum absolute atomic E-state index is 13.0. The zero-order valence-corrected chi connectivity index (χ0v) is 21.5. The van der Waals surface area contributed by atoms with E-state index in [1.165, 1.54) is 0 Å². The van der Waals surface area contributed by atoms with Gasteiger partial charge in [-0.2, -0.15) is 0 Å². The fourth-order valence-electron chi connectivity index (χ4n) is 5.70. The van der Waals surface area contributed by atoms with Crippen LogP contribution in [0.25, 0.3) is 11.1 Å². The summed E-state index contributed by atoms with van der Waals surface area (Å²) in [6.07, 6.45) is 3.32. The normalized spacial score (nSPS) is 24.0. The predicted molar refractivity (Wildman–Crippen MR) is 138 cm³/mol. The van der Waals surface area contributed by atoms with Gasteiger partial charge in [0, 0.05) is 24.6 Å². The summed E-state index contributed by atoms with van der Waals surface area (Å²) in [5.41, 5.74) is 3.35. The summed E-state index contributed by atoms with van der Waals surface area (Å²) in [6.45, 7) is 9.61. The van der Waals surface area contributed by atoms with Crippen LogP contribution in [0.2, 0.25) is 0 Å². The Balaban J connectivity index is 1.49. The standard InChI is InChI=1S/C29H38N2O4/c1-18(2)22-8-6-7-9-23(22)24-14-19(28(33)34)10-13-26(24)35-21-12-11-20(15-21)30-27(32)25-16-29(3,4)17-31(25)5/h6-10,13-14,18,20-21,25H,11-12,15-17H2,1-5H3,(H,30,32)(H,33,34)/t20-,21-,25+/m1/s1. The van der Waals surface area contributed by atoms with E-state index in [1.54, 1.807) is 18.2 Å². The molecule has 1 heterocycles. The first-order chi connectivity index (χ1) is 16.5. The molecule has 0 unspecified atom stereocenters. The molecule has 1 saturated carbocycles. The molecule has 2 aromatic rings. The number of carbonyl (C=O) groups is 2. The van der Waals surface area contributed by atoms with Crippen LogP contribution in [-0.4, -0.2) is 53.7 Å². The van der Waals surface area contributed by atoms with Crippen LogP contribution >= 0.6 is 0 Å². The van der Waals surface area contributed by atoms with E-state index in [0.717, 1.165) is 48.9 Å². The van der Waals surface area contributed by atoms with Crippen molar-refractivity contribution in [2.24, 2.45) is 5.41 Å². The molecular formula is C29H38N2O4. The van der Waals surface area contributed by atoms with Gasteiger partial charge in [-0.05, 0) is 67.0 Å². The van der Waals surface area contributed by atoms with Crippen LogP contribution in [0, 0.1) is 5.41 Å². The van der Waals surface area contributed by atoms with E-state index >= 15 is 0 Å². The molecule has 1 aliphatic heterocycles. The van der Waals surface area contributed by atoms with Crippen molar-refractivity contribution in [3.8, 4) is 16.9 Å². The molecule has 2 fully saturated rings. The van der Waals surface area contributed by atoms with Gasteiger partial charge in [0.15, 0.2) is 0 Å². The van der Waals surface area contributed by atoms with Crippen molar-refractivity contribution in [3.05, 3.63) is 53.6 Å². The number of likely N-dealkylation sites (N-methyl/N-ethyl adjacent to an activating group) is 1. The van der Waals surface area contributed by atoms with E-state index in [2.05, 4.69) is 44.0 Å². The molecule has 2 N–H and O–H groups in total. The molecule has 0 spiro atoms. The fraction of sp³-hybridized carbons (Fsp3) is 0.517. The Hall–Kier alpha value is -2.86. The highest BCUT2D eigenvalue weighted by Crippen LogP contribution is 2.38. The molecule has 1 aliphatic carbocycles. The predicted octanol–water partition coefficient (Wildman–Crippen LogP) is 5.32. The number of benzene rings is 2. The summed E-state index contributed by atoms with van der Waals surface area (Å²) in [5, 5.41) is 12.8. The van der Waals surface area contributed by atoms with E-state index in [-0.39, 0.29) is 41.0 Å². The second-order valence-electron chi connectivity index (χ2n) is 11.3. The molecule has 2 aromatic carbocycles. The molecular weight excluding hydrogens is 440 g/mol. The Morgan fingerprint density at radius 3 is 2.51 bits per heavy atom. The van der Waals surface area contributed by atoms with Gasteiger partial charge in [0.25, 0.3) is 0 Å². The molecule has 3 atom stereocenters.